The second-order valence-corrected chi connectivity index (χ2v) is 4.30. The van der Waals surface area contributed by atoms with Crippen molar-refractivity contribution in [3.8, 4) is 5.69 Å². The summed E-state index contributed by atoms with van der Waals surface area (Å²) in [6, 6.07) is 9.60. The molecule has 0 aliphatic carbocycles. The number of nitrogens with two attached hydrogens (primary N) is 1. The van der Waals surface area contributed by atoms with E-state index >= 15 is 0 Å². The van der Waals surface area contributed by atoms with Gasteiger partial charge in [-0.3, -0.25) is 0 Å². The van der Waals surface area contributed by atoms with Gasteiger partial charge in [0.1, 0.15) is 0 Å². The molecule has 0 radical (unpaired) electrons. The molecule has 1 aromatic carbocycles. The van der Waals surface area contributed by atoms with Crippen molar-refractivity contribution < 1.29 is 0 Å². The lowest BCUT2D eigenvalue weighted by atomic mass is 10.3. The number of benzene rings is 1. The summed E-state index contributed by atoms with van der Waals surface area (Å²) in [5, 5.41) is 8.65. The summed E-state index contributed by atoms with van der Waals surface area (Å²) in [4.78, 5) is 11.8. The lowest BCUT2D eigenvalue weighted by Crippen LogP contribution is -2.13. The molecule has 0 saturated carbocycles. The minimum Gasteiger partial charge on any atom is -0.382 e. The summed E-state index contributed by atoms with van der Waals surface area (Å²) in [6.07, 6.45) is 0. The van der Waals surface area contributed by atoms with Gasteiger partial charge in [-0.2, -0.15) is 9.97 Å². The van der Waals surface area contributed by atoms with E-state index in [1.54, 1.807) is 4.90 Å². The molecule has 2 heterocycles. The highest BCUT2D eigenvalue weighted by molar-refractivity contribution is 5.81. The fourth-order valence-electron chi connectivity index (χ4n) is 1.70. The lowest BCUT2D eigenvalue weighted by molar-refractivity contribution is 0.763. The second kappa shape index (κ2) is 4.20. The maximum atomic E-state index is 5.89. The fourth-order valence-corrected chi connectivity index (χ4v) is 1.70. The van der Waals surface area contributed by atoms with E-state index in [1.165, 1.54) is 4.80 Å². The Hall–Kier alpha value is -2.70. The summed E-state index contributed by atoms with van der Waals surface area (Å²) < 4.78 is 0. The van der Waals surface area contributed by atoms with Crippen LogP contribution in [0.2, 0.25) is 0 Å². The average Bonchev–Trinajstić information content (AvgIpc) is 2.84. The Morgan fingerprint density at radius 3 is 2.47 bits per heavy atom. The van der Waals surface area contributed by atoms with Gasteiger partial charge in [-0.25, -0.2) is 0 Å². The van der Waals surface area contributed by atoms with Crippen LogP contribution in [0.15, 0.2) is 30.3 Å². The van der Waals surface area contributed by atoms with Crippen LogP contribution < -0.4 is 10.6 Å². The largest absolute Gasteiger partial charge is 0.382 e. The molecule has 19 heavy (non-hydrogen) atoms. The van der Waals surface area contributed by atoms with Gasteiger partial charge in [-0.1, -0.05) is 18.2 Å². The van der Waals surface area contributed by atoms with Gasteiger partial charge in [0.05, 0.1) is 5.69 Å². The Morgan fingerprint density at radius 1 is 1.05 bits per heavy atom. The topological polar surface area (TPSA) is 85.8 Å². The highest BCUT2D eigenvalue weighted by atomic mass is 15.5. The smallest absolute Gasteiger partial charge is 0.229 e. The first kappa shape index (κ1) is 11.4. The molecule has 0 aliphatic heterocycles. The van der Waals surface area contributed by atoms with Gasteiger partial charge in [-0.15, -0.1) is 15.0 Å². The molecular formula is C12H13N7. The van der Waals surface area contributed by atoms with Crippen LogP contribution >= 0.6 is 0 Å². The van der Waals surface area contributed by atoms with Crippen molar-refractivity contribution in [1.82, 2.24) is 25.0 Å². The van der Waals surface area contributed by atoms with Crippen LogP contribution in [-0.2, 0) is 0 Å². The molecule has 0 bridgehead atoms. The zero-order valence-electron chi connectivity index (χ0n) is 10.6. The van der Waals surface area contributed by atoms with E-state index < -0.39 is 0 Å². The molecule has 0 saturated heterocycles. The van der Waals surface area contributed by atoms with Crippen molar-refractivity contribution in [1.29, 1.82) is 0 Å². The lowest BCUT2D eigenvalue weighted by Gasteiger charge is -2.08. The Kier molecular flexibility index (Phi) is 2.52. The second-order valence-electron chi connectivity index (χ2n) is 4.30. The summed E-state index contributed by atoms with van der Waals surface area (Å²) in [7, 11) is 3.70. The van der Waals surface area contributed by atoms with Crippen molar-refractivity contribution in [2.75, 3.05) is 24.7 Å². The molecule has 3 rings (SSSR count). The zero-order valence-corrected chi connectivity index (χ0v) is 10.6. The summed E-state index contributed by atoms with van der Waals surface area (Å²) in [5.41, 5.74) is 7.74. The third kappa shape index (κ3) is 1.95. The predicted molar refractivity (Wildman–Crippen MR) is 73.2 cm³/mol. The van der Waals surface area contributed by atoms with E-state index in [4.69, 9.17) is 5.73 Å². The van der Waals surface area contributed by atoms with Gasteiger partial charge >= 0.3 is 0 Å². The first-order valence-corrected chi connectivity index (χ1v) is 5.78. The maximum absolute atomic E-state index is 5.89. The van der Waals surface area contributed by atoms with Crippen LogP contribution in [0.5, 0.6) is 0 Å². The van der Waals surface area contributed by atoms with E-state index in [-0.39, 0.29) is 0 Å². The standard InChI is InChI=1S/C12H13N7/c1-18(2)12-14-10(13)9-11(15-12)17-19(16-9)8-6-4-3-5-7-8/h3-7H,1-2H3,(H2,13,14,15,17). The molecule has 0 aliphatic rings. The first-order valence-electron chi connectivity index (χ1n) is 5.78. The molecule has 2 N–H and O–H groups in total. The number of nitrogen functional groups attached to an aromatic ring is 1. The molecule has 7 heteroatoms. The van der Waals surface area contributed by atoms with Gasteiger partial charge in [0.2, 0.25) is 11.6 Å². The monoisotopic (exact) mass is 255 g/mol. The van der Waals surface area contributed by atoms with Gasteiger partial charge < -0.3 is 10.6 Å². The minimum atomic E-state index is 0.330. The van der Waals surface area contributed by atoms with Crippen molar-refractivity contribution in [3.05, 3.63) is 30.3 Å². The van der Waals surface area contributed by atoms with Crippen LogP contribution in [0.25, 0.3) is 16.9 Å². The van der Waals surface area contributed by atoms with E-state index in [0.717, 1.165) is 5.69 Å². The molecule has 0 unspecified atom stereocenters. The number of hydrogen-bond donors (Lipinski definition) is 1. The van der Waals surface area contributed by atoms with Crippen LogP contribution in [0.3, 0.4) is 0 Å². The number of fused-ring (bicyclic) bond motifs is 1. The molecular weight excluding hydrogens is 242 g/mol. The SMILES string of the molecule is CN(C)c1nc(N)c2nn(-c3ccccc3)nc2n1. The quantitative estimate of drug-likeness (QED) is 0.731. The number of anilines is 2. The Labute approximate surface area is 109 Å². The molecule has 0 amide bonds. The zero-order chi connectivity index (χ0) is 13.4. The molecule has 2 aromatic heterocycles. The fraction of sp³-hybridized carbons (Fsp3) is 0.167. The number of para-hydroxylation sites is 1. The number of aromatic nitrogens is 5. The average molecular weight is 255 g/mol. The van der Waals surface area contributed by atoms with Crippen molar-refractivity contribution in [2.45, 2.75) is 0 Å². The van der Waals surface area contributed by atoms with Crippen molar-refractivity contribution in [2.24, 2.45) is 0 Å². The molecule has 96 valence electrons. The Morgan fingerprint density at radius 2 is 1.79 bits per heavy atom. The summed E-state index contributed by atoms with van der Waals surface area (Å²) in [6.45, 7) is 0. The number of rotatable bonds is 2. The van der Waals surface area contributed by atoms with Crippen LogP contribution in [0.1, 0.15) is 0 Å². The van der Waals surface area contributed by atoms with Gasteiger partial charge in [0, 0.05) is 14.1 Å². The molecule has 3 aromatic rings. The summed E-state index contributed by atoms with van der Waals surface area (Å²) in [5.74, 6) is 0.848. The first-order chi connectivity index (χ1) is 9.15. The van der Waals surface area contributed by atoms with Crippen LogP contribution in [0.4, 0.5) is 11.8 Å². The molecule has 0 fully saturated rings. The maximum Gasteiger partial charge on any atom is 0.229 e. The summed E-state index contributed by atoms with van der Waals surface area (Å²) >= 11 is 0. The third-order valence-corrected chi connectivity index (χ3v) is 2.65. The molecule has 0 spiro atoms. The Balaban J connectivity index is 2.18. The highest BCUT2D eigenvalue weighted by Gasteiger charge is 2.12. The van der Waals surface area contributed by atoms with E-state index in [0.29, 0.717) is 22.9 Å². The molecule has 0 atom stereocenters. The van der Waals surface area contributed by atoms with Crippen molar-refractivity contribution >= 4 is 22.9 Å². The van der Waals surface area contributed by atoms with Gasteiger partial charge in [0.25, 0.3) is 0 Å². The highest BCUT2D eigenvalue weighted by Crippen LogP contribution is 2.18. The van der Waals surface area contributed by atoms with Gasteiger partial charge in [-0.05, 0) is 12.1 Å². The van der Waals surface area contributed by atoms with Crippen molar-refractivity contribution in [3.63, 3.8) is 0 Å². The minimum absolute atomic E-state index is 0.330. The predicted octanol–water partition coefficient (Wildman–Crippen LogP) is 0.859. The number of hydrogen-bond acceptors (Lipinski definition) is 6. The van der Waals surface area contributed by atoms with Gasteiger partial charge in [0.15, 0.2) is 11.3 Å². The van der Waals surface area contributed by atoms with E-state index in [2.05, 4.69) is 20.2 Å². The van der Waals surface area contributed by atoms with Crippen LogP contribution in [-0.4, -0.2) is 39.1 Å². The third-order valence-electron chi connectivity index (χ3n) is 2.65. The van der Waals surface area contributed by atoms with E-state index in [1.807, 2.05) is 44.4 Å². The van der Waals surface area contributed by atoms with Crippen LogP contribution in [0, 0.1) is 0 Å². The molecule has 7 nitrogen and oxygen atoms in total. The Bertz CT molecular complexity index is 718. The van der Waals surface area contributed by atoms with E-state index in [9.17, 15) is 0 Å². The normalized spacial score (nSPS) is 10.8. The number of nitrogens with zero attached hydrogens (tertiary/aromatic N) is 6.